The molecule has 0 amide bonds. The number of halogens is 1. The van der Waals surface area contributed by atoms with E-state index >= 15 is 0 Å². The third kappa shape index (κ3) is 2.66. The largest absolute Gasteiger partial charge is 0.476 e. The van der Waals surface area contributed by atoms with Gasteiger partial charge in [0.05, 0.1) is 10.7 Å². The van der Waals surface area contributed by atoms with Crippen molar-refractivity contribution in [2.24, 2.45) is 5.92 Å². The Balaban J connectivity index is 2.31. The van der Waals surface area contributed by atoms with Gasteiger partial charge in [-0.3, -0.25) is 0 Å². The SMILES string of the molecule is CC(C)Cc1nc2c(cc1Cl)CNCCO2. The second-order valence-electron chi connectivity index (χ2n) is 4.50. The zero-order valence-electron chi connectivity index (χ0n) is 9.72. The molecule has 2 heterocycles. The molecule has 88 valence electrons. The summed E-state index contributed by atoms with van der Waals surface area (Å²) in [6.07, 6.45) is 0.892. The molecule has 0 bridgehead atoms. The van der Waals surface area contributed by atoms with Crippen LogP contribution in [-0.2, 0) is 13.0 Å². The molecule has 0 unspecified atom stereocenters. The Bertz CT molecular complexity index is 380. The Morgan fingerprint density at radius 3 is 3.12 bits per heavy atom. The fourth-order valence-electron chi connectivity index (χ4n) is 1.77. The van der Waals surface area contributed by atoms with Crippen LogP contribution in [0.2, 0.25) is 5.02 Å². The van der Waals surface area contributed by atoms with E-state index in [1.165, 1.54) is 0 Å². The topological polar surface area (TPSA) is 34.2 Å². The molecule has 0 aliphatic carbocycles. The Kier molecular flexibility index (Phi) is 3.66. The number of fused-ring (bicyclic) bond motifs is 1. The average molecular weight is 241 g/mol. The molecular formula is C12H17ClN2O. The molecule has 0 spiro atoms. The van der Waals surface area contributed by atoms with E-state index in [2.05, 4.69) is 24.1 Å². The predicted octanol–water partition coefficient (Wildman–Crippen LogP) is 2.42. The van der Waals surface area contributed by atoms with E-state index in [9.17, 15) is 0 Å². The Labute approximate surface area is 101 Å². The lowest BCUT2D eigenvalue weighted by atomic mass is 10.1. The van der Waals surface area contributed by atoms with Gasteiger partial charge < -0.3 is 10.1 Å². The van der Waals surface area contributed by atoms with Crippen LogP contribution in [0.1, 0.15) is 25.1 Å². The number of hydrogen-bond acceptors (Lipinski definition) is 3. The zero-order valence-corrected chi connectivity index (χ0v) is 10.5. The van der Waals surface area contributed by atoms with Crippen LogP contribution in [0.25, 0.3) is 0 Å². The summed E-state index contributed by atoms with van der Waals surface area (Å²) >= 11 is 6.21. The summed E-state index contributed by atoms with van der Waals surface area (Å²) in [6.45, 7) is 6.62. The van der Waals surface area contributed by atoms with Crippen molar-refractivity contribution in [3.8, 4) is 5.88 Å². The number of pyridine rings is 1. The van der Waals surface area contributed by atoms with Crippen LogP contribution in [0.3, 0.4) is 0 Å². The van der Waals surface area contributed by atoms with Crippen molar-refractivity contribution in [3.63, 3.8) is 0 Å². The Morgan fingerprint density at radius 1 is 1.56 bits per heavy atom. The molecule has 1 aliphatic heterocycles. The van der Waals surface area contributed by atoms with Gasteiger partial charge in [0, 0.05) is 18.7 Å². The lowest BCUT2D eigenvalue weighted by Gasteiger charge is -2.11. The maximum atomic E-state index is 6.21. The van der Waals surface area contributed by atoms with Gasteiger partial charge in [0.15, 0.2) is 0 Å². The van der Waals surface area contributed by atoms with Gasteiger partial charge >= 0.3 is 0 Å². The van der Waals surface area contributed by atoms with Crippen LogP contribution >= 0.6 is 11.6 Å². The van der Waals surface area contributed by atoms with Crippen LogP contribution in [0.15, 0.2) is 6.07 Å². The van der Waals surface area contributed by atoms with Crippen molar-refractivity contribution in [3.05, 3.63) is 22.3 Å². The number of hydrogen-bond donors (Lipinski definition) is 1. The summed E-state index contributed by atoms with van der Waals surface area (Å²) in [5.41, 5.74) is 1.99. The van der Waals surface area contributed by atoms with Crippen molar-refractivity contribution in [1.82, 2.24) is 10.3 Å². The molecule has 3 nitrogen and oxygen atoms in total. The molecule has 0 aromatic carbocycles. The summed E-state index contributed by atoms with van der Waals surface area (Å²) in [6, 6.07) is 1.97. The standard InChI is InChI=1S/C12H17ClN2O/c1-8(2)5-11-10(13)6-9-7-14-3-4-16-12(9)15-11/h6,8,14H,3-5,7H2,1-2H3. The molecule has 1 aliphatic rings. The Morgan fingerprint density at radius 2 is 2.38 bits per heavy atom. The Hall–Kier alpha value is -0.800. The molecule has 0 atom stereocenters. The number of nitrogens with zero attached hydrogens (tertiary/aromatic N) is 1. The summed E-state index contributed by atoms with van der Waals surface area (Å²) < 4.78 is 5.59. The van der Waals surface area contributed by atoms with E-state index in [4.69, 9.17) is 16.3 Å². The summed E-state index contributed by atoms with van der Waals surface area (Å²) in [4.78, 5) is 4.52. The molecule has 16 heavy (non-hydrogen) atoms. The van der Waals surface area contributed by atoms with E-state index in [0.717, 1.165) is 41.7 Å². The monoisotopic (exact) mass is 240 g/mol. The van der Waals surface area contributed by atoms with Crippen LogP contribution < -0.4 is 10.1 Å². The highest BCUT2D eigenvalue weighted by atomic mass is 35.5. The smallest absolute Gasteiger partial charge is 0.218 e. The van der Waals surface area contributed by atoms with E-state index in [0.29, 0.717) is 12.5 Å². The summed E-state index contributed by atoms with van der Waals surface area (Å²) in [7, 11) is 0. The molecular weight excluding hydrogens is 224 g/mol. The van der Waals surface area contributed by atoms with Gasteiger partial charge in [-0.1, -0.05) is 25.4 Å². The maximum Gasteiger partial charge on any atom is 0.218 e. The van der Waals surface area contributed by atoms with Crippen molar-refractivity contribution < 1.29 is 4.74 Å². The van der Waals surface area contributed by atoms with Crippen molar-refractivity contribution in [2.75, 3.05) is 13.2 Å². The van der Waals surface area contributed by atoms with E-state index in [1.807, 2.05) is 6.07 Å². The lowest BCUT2D eigenvalue weighted by Crippen LogP contribution is -2.16. The minimum atomic E-state index is 0.548. The number of nitrogens with one attached hydrogen (secondary N) is 1. The van der Waals surface area contributed by atoms with Crippen LogP contribution in [0.5, 0.6) is 5.88 Å². The molecule has 1 aromatic heterocycles. The number of ether oxygens (including phenoxy) is 1. The van der Waals surface area contributed by atoms with E-state index < -0.39 is 0 Å². The average Bonchev–Trinajstić information content (AvgIpc) is 2.42. The second-order valence-corrected chi connectivity index (χ2v) is 4.91. The van der Waals surface area contributed by atoms with Crippen LogP contribution in [0, 0.1) is 5.92 Å². The highest BCUT2D eigenvalue weighted by Gasteiger charge is 2.14. The van der Waals surface area contributed by atoms with Gasteiger partial charge in [-0.15, -0.1) is 0 Å². The van der Waals surface area contributed by atoms with Crippen LogP contribution in [0.4, 0.5) is 0 Å². The summed E-state index contributed by atoms with van der Waals surface area (Å²) in [5, 5.41) is 4.02. The van der Waals surface area contributed by atoms with Gasteiger partial charge in [-0.25, -0.2) is 4.98 Å². The van der Waals surface area contributed by atoms with Gasteiger partial charge in [0.25, 0.3) is 0 Å². The number of aromatic nitrogens is 1. The van der Waals surface area contributed by atoms with Gasteiger partial charge in [0.2, 0.25) is 5.88 Å². The predicted molar refractivity (Wildman–Crippen MR) is 65.0 cm³/mol. The minimum absolute atomic E-state index is 0.548. The first-order chi connectivity index (χ1) is 7.66. The molecule has 0 fully saturated rings. The van der Waals surface area contributed by atoms with Gasteiger partial charge in [-0.05, 0) is 18.4 Å². The van der Waals surface area contributed by atoms with Gasteiger partial charge in [0.1, 0.15) is 6.61 Å². The van der Waals surface area contributed by atoms with E-state index in [1.54, 1.807) is 0 Å². The first kappa shape index (κ1) is 11.7. The highest BCUT2D eigenvalue weighted by molar-refractivity contribution is 6.31. The zero-order chi connectivity index (χ0) is 11.5. The van der Waals surface area contributed by atoms with Crippen LogP contribution in [-0.4, -0.2) is 18.1 Å². The molecule has 0 radical (unpaired) electrons. The fraction of sp³-hybridized carbons (Fsp3) is 0.583. The molecule has 0 saturated heterocycles. The number of rotatable bonds is 2. The van der Waals surface area contributed by atoms with E-state index in [-0.39, 0.29) is 0 Å². The molecule has 1 N–H and O–H groups in total. The molecule has 0 saturated carbocycles. The first-order valence-corrected chi connectivity index (χ1v) is 6.06. The second kappa shape index (κ2) is 5.02. The third-order valence-corrected chi connectivity index (χ3v) is 2.85. The third-order valence-electron chi connectivity index (χ3n) is 2.52. The van der Waals surface area contributed by atoms with Crippen molar-refractivity contribution in [2.45, 2.75) is 26.8 Å². The fourth-order valence-corrected chi connectivity index (χ4v) is 2.02. The van der Waals surface area contributed by atoms with Crippen molar-refractivity contribution in [1.29, 1.82) is 0 Å². The normalized spacial score (nSPS) is 15.5. The summed E-state index contributed by atoms with van der Waals surface area (Å²) in [5.74, 6) is 1.29. The molecule has 2 rings (SSSR count). The lowest BCUT2D eigenvalue weighted by molar-refractivity contribution is 0.312. The highest BCUT2D eigenvalue weighted by Crippen LogP contribution is 2.26. The van der Waals surface area contributed by atoms with Crippen molar-refractivity contribution >= 4 is 11.6 Å². The minimum Gasteiger partial charge on any atom is -0.476 e. The maximum absolute atomic E-state index is 6.21. The quantitative estimate of drug-likeness (QED) is 0.862. The molecule has 4 heteroatoms. The first-order valence-electron chi connectivity index (χ1n) is 5.68. The molecule has 1 aromatic rings. The van der Waals surface area contributed by atoms with Gasteiger partial charge in [-0.2, -0.15) is 0 Å².